The molecule has 1 aliphatic heterocycles. The molecule has 0 unspecified atom stereocenters. The second kappa shape index (κ2) is 4.85. The number of methoxy groups -OCH3 is 1. The fourth-order valence-corrected chi connectivity index (χ4v) is 1.96. The Morgan fingerprint density at radius 2 is 2.18 bits per heavy atom. The van der Waals surface area contributed by atoms with E-state index >= 15 is 0 Å². The number of hydrogen-bond acceptors (Lipinski definition) is 3. The third-order valence-electron chi connectivity index (χ3n) is 2.22. The van der Waals surface area contributed by atoms with E-state index in [4.69, 9.17) is 17.0 Å². The topological polar surface area (TPSA) is 50.4 Å². The van der Waals surface area contributed by atoms with Crippen molar-refractivity contribution in [3.8, 4) is 5.75 Å². The lowest BCUT2D eigenvalue weighted by atomic mass is 10.2. The maximum Gasteiger partial charge on any atom is 0.273 e. The van der Waals surface area contributed by atoms with Gasteiger partial charge in [0.2, 0.25) is 0 Å². The lowest BCUT2D eigenvalue weighted by Gasteiger charge is -2.04. The van der Waals surface area contributed by atoms with Crippen LogP contribution < -0.4 is 15.4 Å². The normalized spacial score (nSPS) is 16.9. The van der Waals surface area contributed by atoms with Crippen molar-refractivity contribution in [2.75, 3.05) is 7.11 Å². The van der Waals surface area contributed by atoms with Crippen LogP contribution >= 0.6 is 28.1 Å². The lowest BCUT2D eigenvalue weighted by molar-refractivity contribution is -0.115. The molecule has 0 aromatic heterocycles. The van der Waals surface area contributed by atoms with Crippen molar-refractivity contribution in [2.24, 2.45) is 0 Å². The zero-order valence-electron chi connectivity index (χ0n) is 8.91. The molecule has 1 saturated heterocycles. The van der Waals surface area contributed by atoms with Crippen LogP contribution in [0, 0.1) is 0 Å². The van der Waals surface area contributed by atoms with Crippen LogP contribution in [0.3, 0.4) is 0 Å². The molecule has 1 heterocycles. The smallest absolute Gasteiger partial charge is 0.273 e. The molecule has 2 N–H and O–H groups in total. The average Bonchev–Trinajstić information content (AvgIpc) is 2.60. The summed E-state index contributed by atoms with van der Waals surface area (Å²) in [6.07, 6.45) is 1.71. The van der Waals surface area contributed by atoms with Crippen LogP contribution in [0.5, 0.6) is 5.75 Å². The van der Waals surface area contributed by atoms with Crippen molar-refractivity contribution in [1.29, 1.82) is 0 Å². The summed E-state index contributed by atoms with van der Waals surface area (Å²) in [5, 5.41) is 5.61. The molecule has 6 heteroatoms. The third kappa shape index (κ3) is 2.65. The SMILES string of the molecule is COc1ccc(Br)c(/C=C2\NC(=S)NC2=O)c1. The van der Waals surface area contributed by atoms with E-state index in [-0.39, 0.29) is 5.91 Å². The average molecular weight is 313 g/mol. The Balaban J connectivity index is 2.38. The Morgan fingerprint density at radius 1 is 1.41 bits per heavy atom. The van der Waals surface area contributed by atoms with E-state index in [1.54, 1.807) is 13.2 Å². The summed E-state index contributed by atoms with van der Waals surface area (Å²) in [6.45, 7) is 0. The first-order chi connectivity index (χ1) is 8.10. The Bertz CT molecular complexity index is 528. The summed E-state index contributed by atoms with van der Waals surface area (Å²) in [7, 11) is 1.59. The van der Waals surface area contributed by atoms with Gasteiger partial charge in [-0.1, -0.05) is 15.9 Å². The second-order valence-corrected chi connectivity index (χ2v) is 4.62. The van der Waals surface area contributed by atoms with Crippen molar-refractivity contribution in [3.63, 3.8) is 0 Å². The maximum atomic E-state index is 11.5. The van der Waals surface area contributed by atoms with Gasteiger partial charge in [0.15, 0.2) is 5.11 Å². The first-order valence-electron chi connectivity index (χ1n) is 4.77. The van der Waals surface area contributed by atoms with E-state index in [0.29, 0.717) is 10.8 Å². The van der Waals surface area contributed by atoms with Crippen LogP contribution in [0.25, 0.3) is 6.08 Å². The number of thiocarbonyl (C=S) groups is 1. The molecule has 1 fully saturated rings. The fourth-order valence-electron chi connectivity index (χ4n) is 1.40. The summed E-state index contributed by atoms with van der Waals surface area (Å²) >= 11 is 8.26. The van der Waals surface area contributed by atoms with Gasteiger partial charge in [-0.05, 0) is 42.1 Å². The molecule has 0 radical (unpaired) electrons. The highest BCUT2D eigenvalue weighted by molar-refractivity contribution is 9.10. The Kier molecular flexibility index (Phi) is 3.44. The van der Waals surface area contributed by atoms with Gasteiger partial charge in [0.1, 0.15) is 11.4 Å². The van der Waals surface area contributed by atoms with Crippen molar-refractivity contribution in [1.82, 2.24) is 10.6 Å². The Labute approximate surface area is 112 Å². The molecule has 17 heavy (non-hydrogen) atoms. The molecule has 88 valence electrons. The van der Waals surface area contributed by atoms with E-state index in [9.17, 15) is 4.79 Å². The fraction of sp³-hybridized carbons (Fsp3) is 0.0909. The number of nitrogens with one attached hydrogen (secondary N) is 2. The monoisotopic (exact) mass is 312 g/mol. The molecule has 2 rings (SSSR count). The van der Waals surface area contributed by atoms with E-state index in [1.165, 1.54) is 0 Å². The number of hydrogen-bond donors (Lipinski definition) is 2. The number of carbonyl (C=O) groups is 1. The van der Waals surface area contributed by atoms with Crippen molar-refractivity contribution in [2.45, 2.75) is 0 Å². The van der Waals surface area contributed by atoms with Gasteiger partial charge in [0.05, 0.1) is 7.11 Å². The van der Waals surface area contributed by atoms with Crippen molar-refractivity contribution in [3.05, 3.63) is 33.9 Å². The molecule has 0 bridgehead atoms. The zero-order chi connectivity index (χ0) is 12.4. The predicted octanol–water partition coefficient (Wildman–Crippen LogP) is 1.80. The van der Waals surface area contributed by atoms with Gasteiger partial charge in [-0.3, -0.25) is 10.1 Å². The van der Waals surface area contributed by atoms with Gasteiger partial charge in [0, 0.05) is 4.47 Å². The minimum absolute atomic E-state index is 0.232. The van der Waals surface area contributed by atoms with Crippen LogP contribution in [-0.2, 0) is 4.79 Å². The van der Waals surface area contributed by atoms with Gasteiger partial charge in [-0.2, -0.15) is 0 Å². The molecule has 1 aromatic rings. The first-order valence-corrected chi connectivity index (χ1v) is 5.98. The quantitative estimate of drug-likeness (QED) is 0.646. The minimum atomic E-state index is -0.232. The molecule has 0 saturated carbocycles. The zero-order valence-corrected chi connectivity index (χ0v) is 11.3. The van der Waals surface area contributed by atoms with Gasteiger partial charge in [-0.15, -0.1) is 0 Å². The maximum absolute atomic E-state index is 11.5. The Morgan fingerprint density at radius 3 is 2.76 bits per heavy atom. The highest BCUT2D eigenvalue weighted by Gasteiger charge is 2.20. The number of halogens is 1. The standard InChI is InChI=1S/C11H9BrN2O2S/c1-16-7-2-3-8(12)6(4-7)5-9-10(15)14-11(17)13-9/h2-5H,1H3,(H2,13,14,15,17)/b9-5-. The highest BCUT2D eigenvalue weighted by atomic mass is 79.9. The lowest BCUT2D eigenvalue weighted by Crippen LogP contribution is -2.21. The number of amides is 1. The van der Waals surface area contributed by atoms with Crippen LogP contribution in [0.4, 0.5) is 0 Å². The van der Waals surface area contributed by atoms with Gasteiger partial charge >= 0.3 is 0 Å². The predicted molar refractivity (Wildman–Crippen MR) is 72.5 cm³/mol. The minimum Gasteiger partial charge on any atom is -0.497 e. The van der Waals surface area contributed by atoms with Crippen LogP contribution in [0.2, 0.25) is 0 Å². The molecule has 1 aliphatic rings. The molecule has 0 aliphatic carbocycles. The molecule has 0 atom stereocenters. The number of carbonyl (C=O) groups excluding carboxylic acids is 1. The molecule has 4 nitrogen and oxygen atoms in total. The molecule has 1 amide bonds. The van der Waals surface area contributed by atoms with E-state index < -0.39 is 0 Å². The first kappa shape index (κ1) is 12.1. The molecule has 0 spiro atoms. The Hall–Kier alpha value is -1.40. The van der Waals surface area contributed by atoms with Gasteiger partial charge in [0.25, 0.3) is 5.91 Å². The summed E-state index contributed by atoms with van der Waals surface area (Å²) in [5.41, 5.74) is 1.26. The summed E-state index contributed by atoms with van der Waals surface area (Å²) in [4.78, 5) is 11.5. The van der Waals surface area contributed by atoms with Crippen molar-refractivity contribution < 1.29 is 9.53 Å². The second-order valence-electron chi connectivity index (χ2n) is 3.35. The summed E-state index contributed by atoms with van der Waals surface area (Å²) in [5.74, 6) is 0.491. The molecular formula is C11H9BrN2O2S. The summed E-state index contributed by atoms with van der Waals surface area (Å²) < 4.78 is 6.00. The van der Waals surface area contributed by atoms with Crippen LogP contribution in [-0.4, -0.2) is 18.1 Å². The van der Waals surface area contributed by atoms with Crippen molar-refractivity contribution >= 4 is 45.2 Å². The molecular weight excluding hydrogens is 304 g/mol. The molecule has 1 aromatic carbocycles. The number of ether oxygens (including phenoxy) is 1. The van der Waals surface area contributed by atoms with Gasteiger partial charge < -0.3 is 10.1 Å². The van der Waals surface area contributed by atoms with Crippen LogP contribution in [0.1, 0.15) is 5.56 Å². The van der Waals surface area contributed by atoms with E-state index in [0.717, 1.165) is 15.8 Å². The van der Waals surface area contributed by atoms with E-state index in [1.807, 2.05) is 18.2 Å². The summed E-state index contributed by atoms with van der Waals surface area (Å²) in [6, 6.07) is 5.52. The largest absolute Gasteiger partial charge is 0.497 e. The van der Waals surface area contributed by atoms with E-state index in [2.05, 4.69) is 26.6 Å². The number of rotatable bonds is 2. The van der Waals surface area contributed by atoms with Gasteiger partial charge in [-0.25, -0.2) is 0 Å². The highest BCUT2D eigenvalue weighted by Crippen LogP contribution is 2.24. The number of benzene rings is 1. The third-order valence-corrected chi connectivity index (χ3v) is 3.15. The van der Waals surface area contributed by atoms with Crippen LogP contribution in [0.15, 0.2) is 28.4 Å².